The first-order valence-electron chi connectivity index (χ1n) is 11.3. The zero-order valence-corrected chi connectivity index (χ0v) is 18.1. The summed E-state index contributed by atoms with van der Waals surface area (Å²) in [5, 5.41) is 12.9. The van der Waals surface area contributed by atoms with Crippen LogP contribution in [0.15, 0.2) is 30.3 Å². The van der Waals surface area contributed by atoms with Crippen molar-refractivity contribution in [1.82, 2.24) is 15.1 Å². The van der Waals surface area contributed by atoms with Crippen LogP contribution in [0.2, 0.25) is 0 Å². The van der Waals surface area contributed by atoms with Crippen LogP contribution < -0.4 is 5.32 Å². The molecule has 1 aromatic rings. The number of amides is 2. The molecule has 30 heavy (non-hydrogen) atoms. The summed E-state index contributed by atoms with van der Waals surface area (Å²) < 4.78 is 0. The molecular formula is C24H34N4O2. The molecule has 2 fully saturated rings. The fourth-order valence-corrected chi connectivity index (χ4v) is 4.63. The van der Waals surface area contributed by atoms with E-state index >= 15 is 0 Å². The molecule has 1 heterocycles. The summed E-state index contributed by atoms with van der Waals surface area (Å²) in [6.45, 7) is 1.94. The first kappa shape index (κ1) is 22.3. The van der Waals surface area contributed by atoms with E-state index < -0.39 is 5.54 Å². The molecule has 0 atom stereocenters. The van der Waals surface area contributed by atoms with Crippen molar-refractivity contribution < 1.29 is 9.59 Å². The van der Waals surface area contributed by atoms with Crippen LogP contribution in [0.5, 0.6) is 0 Å². The molecule has 0 bridgehead atoms. The van der Waals surface area contributed by atoms with Gasteiger partial charge in [0.15, 0.2) is 0 Å². The molecule has 0 aromatic heterocycles. The molecule has 1 aliphatic heterocycles. The van der Waals surface area contributed by atoms with Gasteiger partial charge in [-0.25, -0.2) is 0 Å². The quantitative estimate of drug-likeness (QED) is 0.750. The zero-order valence-electron chi connectivity index (χ0n) is 18.1. The maximum absolute atomic E-state index is 12.8. The molecule has 1 saturated carbocycles. The van der Waals surface area contributed by atoms with Crippen molar-refractivity contribution in [2.75, 3.05) is 26.7 Å². The summed E-state index contributed by atoms with van der Waals surface area (Å²) >= 11 is 0. The minimum atomic E-state index is -0.625. The highest BCUT2D eigenvalue weighted by Gasteiger charge is 2.39. The summed E-state index contributed by atoms with van der Waals surface area (Å²) in [7, 11) is 1.79. The largest absolute Gasteiger partial charge is 0.353 e. The van der Waals surface area contributed by atoms with Gasteiger partial charge in [-0.3, -0.25) is 14.5 Å². The number of hydrogen-bond donors (Lipinski definition) is 1. The maximum Gasteiger partial charge on any atom is 0.237 e. The Hall–Kier alpha value is -2.39. The molecule has 1 N–H and O–H groups in total. The van der Waals surface area contributed by atoms with Crippen LogP contribution in [0.4, 0.5) is 0 Å². The highest BCUT2D eigenvalue weighted by atomic mass is 16.2. The van der Waals surface area contributed by atoms with Gasteiger partial charge < -0.3 is 10.2 Å². The molecule has 1 saturated heterocycles. The van der Waals surface area contributed by atoms with Crippen molar-refractivity contribution in [3.8, 4) is 6.07 Å². The molecule has 2 amide bonds. The van der Waals surface area contributed by atoms with Crippen LogP contribution >= 0.6 is 0 Å². The third-order valence-electron chi connectivity index (χ3n) is 6.70. The fourth-order valence-electron chi connectivity index (χ4n) is 4.63. The van der Waals surface area contributed by atoms with E-state index in [0.29, 0.717) is 13.0 Å². The molecule has 0 spiro atoms. The number of carbonyl (C=O) groups excluding carboxylic acids is 2. The number of likely N-dealkylation sites (tertiary alicyclic amines) is 1. The molecule has 162 valence electrons. The van der Waals surface area contributed by atoms with E-state index in [2.05, 4.69) is 16.3 Å². The van der Waals surface area contributed by atoms with E-state index in [1.807, 2.05) is 30.3 Å². The summed E-state index contributed by atoms with van der Waals surface area (Å²) in [5.74, 6) is 0.130. The number of nitriles is 1. The lowest BCUT2D eigenvalue weighted by atomic mass is 9.81. The van der Waals surface area contributed by atoms with Gasteiger partial charge in [-0.1, -0.05) is 49.6 Å². The smallest absolute Gasteiger partial charge is 0.237 e. The summed E-state index contributed by atoms with van der Waals surface area (Å²) in [6.07, 6.45) is 7.72. The van der Waals surface area contributed by atoms with Crippen LogP contribution in [0.1, 0.15) is 56.9 Å². The maximum atomic E-state index is 12.8. The number of nitrogens with one attached hydrogen (secondary N) is 1. The molecule has 2 aliphatic rings. The van der Waals surface area contributed by atoms with Crippen molar-refractivity contribution in [2.24, 2.45) is 0 Å². The number of carbonyl (C=O) groups is 2. The van der Waals surface area contributed by atoms with Crippen molar-refractivity contribution in [3.63, 3.8) is 0 Å². The molecule has 6 nitrogen and oxygen atoms in total. The van der Waals surface area contributed by atoms with Crippen LogP contribution in [0.3, 0.4) is 0 Å². The predicted octanol–water partition coefficient (Wildman–Crippen LogP) is 2.88. The van der Waals surface area contributed by atoms with Crippen molar-refractivity contribution in [3.05, 3.63) is 35.9 Å². The first-order chi connectivity index (χ1) is 14.5. The van der Waals surface area contributed by atoms with Crippen LogP contribution in [0, 0.1) is 11.3 Å². The second-order valence-corrected chi connectivity index (χ2v) is 8.76. The standard InChI is InChI=1S/C24H34N4O2/c1-27(24(19-25)14-6-3-7-15-24)23(30)18-28-16-12-21(13-17-28)26-22(29)11-10-20-8-4-2-5-9-20/h2,4-5,8-9,21H,3,6-7,10-18H2,1H3,(H,26,29). The van der Waals surface area contributed by atoms with Gasteiger partial charge in [-0.15, -0.1) is 0 Å². The fraction of sp³-hybridized carbons (Fsp3) is 0.625. The number of aryl methyl sites for hydroxylation is 1. The van der Waals surface area contributed by atoms with Crippen molar-refractivity contribution >= 4 is 11.8 Å². The van der Waals surface area contributed by atoms with E-state index in [4.69, 9.17) is 0 Å². The highest BCUT2D eigenvalue weighted by molar-refractivity contribution is 5.79. The van der Waals surface area contributed by atoms with E-state index in [9.17, 15) is 14.9 Å². The molecule has 1 aliphatic carbocycles. The van der Waals surface area contributed by atoms with Crippen molar-refractivity contribution in [1.29, 1.82) is 5.26 Å². The summed E-state index contributed by atoms with van der Waals surface area (Å²) in [4.78, 5) is 28.9. The van der Waals surface area contributed by atoms with Gasteiger partial charge in [-0.2, -0.15) is 5.26 Å². The number of benzene rings is 1. The van der Waals surface area contributed by atoms with E-state index in [-0.39, 0.29) is 17.9 Å². The van der Waals surface area contributed by atoms with E-state index in [0.717, 1.165) is 64.5 Å². The minimum Gasteiger partial charge on any atom is -0.353 e. The number of likely N-dealkylation sites (N-methyl/N-ethyl adjacent to an activating group) is 1. The first-order valence-corrected chi connectivity index (χ1v) is 11.3. The Morgan fingerprint density at radius 1 is 1.17 bits per heavy atom. The molecule has 0 unspecified atom stereocenters. The van der Waals surface area contributed by atoms with Gasteiger partial charge in [0.05, 0.1) is 12.6 Å². The zero-order chi connectivity index (χ0) is 21.4. The Labute approximate surface area is 180 Å². The molecule has 6 heteroatoms. The molecule has 0 radical (unpaired) electrons. The SMILES string of the molecule is CN(C(=O)CN1CCC(NC(=O)CCc2ccccc2)CC1)C1(C#N)CCCCC1. The van der Waals surface area contributed by atoms with Gasteiger partial charge in [0.1, 0.15) is 5.54 Å². The van der Waals surface area contributed by atoms with E-state index in [1.54, 1.807) is 11.9 Å². The lowest BCUT2D eigenvalue weighted by molar-refractivity contribution is -0.136. The average Bonchev–Trinajstić information content (AvgIpc) is 2.79. The molecule has 1 aromatic carbocycles. The van der Waals surface area contributed by atoms with Crippen LogP contribution in [-0.2, 0) is 16.0 Å². The van der Waals surface area contributed by atoms with Gasteiger partial charge in [0.2, 0.25) is 11.8 Å². The number of piperidine rings is 1. The minimum absolute atomic E-state index is 0.0313. The topological polar surface area (TPSA) is 76.4 Å². The Balaban J connectivity index is 1.39. The van der Waals surface area contributed by atoms with Gasteiger partial charge in [-0.05, 0) is 37.7 Å². The number of hydrogen-bond acceptors (Lipinski definition) is 4. The Morgan fingerprint density at radius 2 is 1.83 bits per heavy atom. The van der Waals surface area contributed by atoms with Crippen LogP contribution in [0.25, 0.3) is 0 Å². The Morgan fingerprint density at radius 3 is 2.47 bits per heavy atom. The lowest BCUT2D eigenvalue weighted by Crippen LogP contribution is -2.54. The summed E-state index contributed by atoms with van der Waals surface area (Å²) in [5.41, 5.74) is 0.554. The van der Waals surface area contributed by atoms with Crippen LogP contribution in [-0.4, -0.2) is 59.9 Å². The highest BCUT2D eigenvalue weighted by Crippen LogP contribution is 2.32. The van der Waals surface area contributed by atoms with Gasteiger partial charge in [0.25, 0.3) is 0 Å². The third-order valence-corrected chi connectivity index (χ3v) is 6.70. The molecular weight excluding hydrogens is 376 g/mol. The normalized spacial score (nSPS) is 19.6. The Kier molecular flexibility index (Phi) is 7.87. The second kappa shape index (κ2) is 10.6. The summed E-state index contributed by atoms with van der Waals surface area (Å²) in [6, 6.07) is 12.7. The van der Waals surface area contributed by atoms with Gasteiger partial charge in [0, 0.05) is 32.6 Å². The lowest BCUT2D eigenvalue weighted by Gasteiger charge is -2.40. The average molecular weight is 411 g/mol. The second-order valence-electron chi connectivity index (χ2n) is 8.76. The van der Waals surface area contributed by atoms with Gasteiger partial charge >= 0.3 is 0 Å². The third kappa shape index (κ3) is 5.82. The monoisotopic (exact) mass is 410 g/mol. The molecule has 3 rings (SSSR count). The predicted molar refractivity (Wildman–Crippen MR) is 117 cm³/mol. The van der Waals surface area contributed by atoms with Crippen molar-refractivity contribution in [2.45, 2.75) is 69.4 Å². The number of nitrogens with zero attached hydrogens (tertiary/aromatic N) is 3. The Bertz CT molecular complexity index is 744. The van der Waals surface area contributed by atoms with E-state index in [1.165, 1.54) is 5.56 Å². The number of rotatable bonds is 7.